The molecule has 1 saturated heterocycles. The van der Waals surface area contributed by atoms with Crippen molar-refractivity contribution >= 4 is 27.5 Å². The highest BCUT2D eigenvalue weighted by atomic mass is 32.1. The molecule has 0 unspecified atom stereocenters. The first-order valence-corrected chi connectivity index (χ1v) is 11.1. The maximum absolute atomic E-state index is 13.1. The number of nitrogens with one attached hydrogen (secondary N) is 1. The minimum atomic E-state index is -0.00729. The van der Waals surface area contributed by atoms with Crippen LogP contribution in [0, 0.1) is 13.8 Å². The van der Waals surface area contributed by atoms with E-state index in [1.807, 2.05) is 36.0 Å². The van der Waals surface area contributed by atoms with E-state index in [9.17, 15) is 4.79 Å². The molecule has 1 aliphatic rings. The number of fused-ring (bicyclic) bond motifs is 1. The molecule has 0 spiro atoms. The summed E-state index contributed by atoms with van der Waals surface area (Å²) >= 11 is 1.48. The molecule has 0 aromatic carbocycles. The van der Waals surface area contributed by atoms with Gasteiger partial charge in [0.25, 0.3) is 5.91 Å². The van der Waals surface area contributed by atoms with Gasteiger partial charge in [-0.05, 0) is 57.6 Å². The van der Waals surface area contributed by atoms with Crippen LogP contribution in [-0.4, -0.2) is 71.6 Å². The number of piperazine rings is 1. The predicted molar refractivity (Wildman–Crippen MR) is 119 cm³/mol. The third-order valence-electron chi connectivity index (χ3n) is 5.56. The highest BCUT2D eigenvalue weighted by molar-refractivity contribution is 7.21. The lowest BCUT2D eigenvalue weighted by molar-refractivity contribution is 0.0953. The van der Waals surface area contributed by atoms with Gasteiger partial charge >= 0.3 is 0 Å². The Balaban J connectivity index is 1.49. The van der Waals surface area contributed by atoms with E-state index in [2.05, 4.69) is 40.1 Å². The number of aromatic nitrogens is 2. The second-order valence-corrected chi connectivity index (χ2v) is 8.88. The lowest BCUT2D eigenvalue weighted by Crippen LogP contribution is -2.45. The van der Waals surface area contributed by atoms with E-state index in [-0.39, 0.29) is 5.91 Å². The molecule has 3 aromatic rings. The van der Waals surface area contributed by atoms with Crippen LogP contribution < -0.4 is 5.32 Å². The largest absolute Gasteiger partial charge is 0.351 e. The fourth-order valence-electron chi connectivity index (χ4n) is 3.96. The molecule has 7 heteroatoms. The number of carbonyl (C=O) groups is 1. The van der Waals surface area contributed by atoms with Gasteiger partial charge in [0.1, 0.15) is 9.71 Å². The van der Waals surface area contributed by atoms with Crippen LogP contribution in [0.5, 0.6) is 0 Å². The lowest BCUT2D eigenvalue weighted by atomic mass is 10.1. The molecule has 1 amide bonds. The van der Waals surface area contributed by atoms with Crippen molar-refractivity contribution in [1.29, 1.82) is 0 Å². The summed E-state index contributed by atoms with van der Waals surface area (Å²) < 4.78 is 2.03. The van der Waals surface area contributed by atoms with E-state index in [1.165, 1.54) is 11.3 Å². The van der Waals surface area contributed by atoms with Crippen molar-refractivity contribution in [2.45, 2.75) is 20.3 Å². The molecule has 1 fully saturated rings. The maximum atomic E-state index is 13.1. The summed E-state index contributed by atoms with van der Waals surface area (Å²) in [5.74, 6) is -0.00729. The molecule has 0 radical (unpaired) electrons. The molecule has 4 rings (SSSR count). The smallest absolute Gasteiger partial charge is 0.263 e. The molecule has 29 heavy (non-hydrogen) atoms. The number of carbonyl (C=O) groups excluding carboxylic acids is 1. The summed E-state index contributed by atoms with van der Waals surface area (Å²) in [6.45, 7) is 10.3. The molecule has 3 aromatic heterocycles. The SMILES string of the molecule is Cc1cc(C)c2c(-n3cccc3)c(C(=O)NCCCN3CCN(C)CC3)sc2n1. The fourth-order valence-corrected chi connectivity index (χ4v) is 5.17. The number of hydrogen-bond acceptors (Lipinski definition) is 5. The van der Waals surface area contributed by atoms with Gasteiger partial charge < -0.3 is 19.7 Å². The molecule has 0 saturated carbocycles. The van der Waals surface area contributed by atoms with Gasteiger partial charge in [0.05, 0.1) is 5.69 Å². The predicted octanol–water partition coefficient (Wildman–Crippen LogP) is 3.07. The van der Waals surface area contributed by atoms with Crippen LogP contribution in [0.15, 0.2) is 30.6 Å². The van der Waals surface area contributed by atoms with Gasteiger partial charge in [0.2, 0.25) is 0 Å². The molecule has 4 heterocycles. The van der Waals surface area contributed by atoms with Crippen molar-refractivity contribution in [3.8, 4) is 5.69 Å². The van der Waals surface area contributed by atoms with E-state index in [0.717, 1.165) is 71.2 Å². The van der Waals surface area contributed by atoms with Crippen molar-refractivity contribution < 1.29 is 4.79 Å². The standard InChI is InChI=1S/C22H29N5OS/c1-16-15-17(2)24-22-18(16)19(27-9-4-5-10-27)20(29-22)21(28)23-7-6-8-26-13-11-25(3)12-14-26/h4-5,9-10,15H,6-8,11-14H2,1-3H3,(H,23,28). The quantitative estimate of drug-likeness (QED) is 0.634. The molecule has 1 aliphatic heterocycles. The van der Waals surface area contributed by atoms with Crippen LogP contribution >= 0.6 is 11.3 Å². The average molecular weight is 412 g/mol. The third kappa shape index (κ3) is 4.37. The molecule has 0 atom stereocenters. The third-order valence-corrected chi connectivity index (χ3v) is 6.64. The van der Waals surface area contributed by atoms with E-state index in [0.29, 0.717) is 6.54 Å². The van der Waals surface area contributed by atoms with Gasteiger partial charge in [-0.1, -0.05) is 0 Å². The summed E-state index contributed by atoms with van der Waals surface area (Å²) in [6, 6.07) is 6.05. The van der Waals surface area contributed by atoms with Gasteiger partial charge in [0.15, 0.2) is 0 Å². The zero-order valence-corrected chi connectivity index (χ0v) is 18.3. The van der Waals surface area contributed by atoms with Crippen molar-refractivity contribution in [3.63, 3.8) is 0 Å². The molecular weight excluding hydrogens is 382 g/mol. The first-order valence-electron chi connectivity index (χ1n) is 10.3. The van der Waals surface area contributed by atoms with Gasteiger partial charge in [-0.2, -0.15) is 0 Å². The zero-order valence-electron chi connectivity index (χ0n) is 17.4. The Morgan fingerprint density at radius 2 is 1.90 bits per heavy atom. The van der Waals surface area contributed by atoms with Gasteiger partial charge in [-0.25, -0.2) is 4.98 Å². The number of likely N-dealkylation sites (N-methyl/N-ethyl adjacent to an activating group) is 1. The van der Waals surface area contributed by atoms with E-state index in [1.54, 1.807) is 0 Å². The molecular formula is C22H29N5OS. The van der Waals surface area contributed by atoms with E-state index in [4.69, 9.17) is 0 Å². The monoisotopic (exact) mass is 411 g/mol. The number of nitrogens with zero attached hydrogens (tertiary/aromatic N) is 4. The van der Waals surface area contributed by atoms with Crippen LogP contribution in [0.3, 0.4) is 0 Å². The zero-order chi connectivity index (χ0) is 20.4. The molecule has 0 bridgehead atoms. The Morgan fingerprint density at radius 1 is 1.17 bits per heavy atom. The van der Waals surface area contributed by atoms with Crippen molar-refractivity contribution in [1.82, 2.24) is 24.7 Å². The van der Waals surface area contributed by atoms with E-state index < -0.39 is 0 Å². The van der Waals surface area contributed by atoms with Gasteiger partial charge in [-0.15, -0.1) is 11.3 Å². The number of amides is 1. The van der Waals surface area contributed by atoms with Crippen LogP contribution in [0.2, 0.25) is 0 Å². The van der Waals surface area contributed by atoms with Crippen molar-refractivity contribution in [3.05, 3.63) is 46.7 Å². The number of pyridine rings is 1. The number of thiophene rings is 1. The van der Waals surface area contributed by atoms with Gasteiger partial charge in [-0.3, -0.25) is 4.79 Å². The summed E-state index contributed by atoms with van der Waals surface area (Å²) in [6.07, 6.45) is 4.95. The average Bonchev–Trinajstić information content (AvgIpc) is 3.33. The van der Waals surface area contributed by atoms with Crippen LogP contribution in [-0.2, 0) is 0 Å². The van der Waals surface area contributed by atoms with E-state index >= 15 is 0 Å². The Kier molecular flexibility index (Phi) is 5.99. The number of aryl methyl sites for hydroxylation is 2. The summed E-state index contributed by atoms with van der Waals surface area (Å²) in [5.41, 5.74) is 3.08. The molecule has 154 valence electrons. The topological polar surface area (TPSA) is 53.4 Å². The van der Waals surface area contributed by atoms with Crippen molar-refractivity contribution in [2.75, 3.05) is 46.3 Å². The lowest BCUT2D eigenvalue weighted by Gasteiger charge is -2.32. The minimum absolute atomic E-state index is 0.00729. The van der Waals surface area contributed by atoms with Crippen molar-refractivity contribution in [2.24, 2.45) is 0 Å². The second-order valence-electron chi connectivity index (χ2n) is 7.89. The summed E-state index contributed by atoms with van der Waals surface area (Å²) in [7, 11) is 2.17. The minimum Gasteiger partial charge on any atom is -0.351 e. The van der Waals surface area contributed by atoms with Crippen LogP contribution in [0.4, 0.5) is 0 Å². The maximum Gasteiger partial charge on any atom is 0.263 e. The Hall–Kier alpha value is -2.22. The normalized spacial score (nSPS) is 15.8. The first kappa shape index (κ1) is 20.1. The van der Waals surface area contributed by atoms with Crippen LogP contribution in [0.25, 0.3) is 15.9 Å². The molecule has 1 N–H and O–H groups in total. The Morgan fingerprint density at radius 3 is 2.62 bits per heavy atom. The second kappa shape index (κ2) is 8.65. The molecule has 6 nitrogen and oxygen atoms in total. The summed E-state index contributed by atoms with van der Waals surface area (Å²) in [4.78, 5) is 24.2. The number of hydrogen-bond donors (Lipinski definition) is 1. The van der Waals surface area contributed by atoms with Crippen LogP contribution in [0.1, 0.15) is 27.3 Å². The fraction of sp³-hybridized carbons (Fsp3) is 0.455. The van der Waals surface area contributed by atoms with Gasteiger partial charge in [0, 0.05) is 56.2 Å². The Labute approximate surface area is 176 Å². The molecule has 0 aliphatic carbocycles. The first-order chi connectivity index (χ1) is 14.0. The highest BCUT2D eigenvalue weighted by Gasteiger charge is 2.22. The summed E-state index contributed by atoms with van der Waals surface area (Å²) in [5, 5.41) is 4.21. The Bertz CT molecular complexity index is 986. The highest BCUT2D eigenvalue weighted by Crippen LogP contribution is 2.35. The number of rotatable bonds is 6.